The average Bonchev–Trinajstić information content (AvgIpc) is 1.85. The zero-order chi connectivity index (χ0) is 8.43. The van der Waals surface area contributed by atoms with E-state index in [1.165, 1.54) is 12.1 Å². The molecule has 0 spiro atoms. The summed E-state index contributed by atoms with van der Waals surface area (Å²) < 4.78 is 33.4. The highest BCUT2D eigenvalue weighted by Gasteiger charge is 2.02. The number of halogens is 1. The van der Waals surface area contributed by atoms with E-state index in [4.69, 9.17) is 0 Å². The molecule has 2 nitrogen and oxygen atoms in total. The molecule has 60 valence electrons. The molecule has 0 atom stereocenters. The standard InChI is InChI=1S/C7H7FO2S/c1-5-2-3-7(11(9)10)6(8)4-5/h2-4,11H,1H3. The van der Waals surface area contributed by atoms with Crippen LogP contribution in [-0.4, -0.2) is 8.42 Å². The Kier molecular flexibility index (Phi) is 2.24. The van der Waals surface area contributed by atoms with Gasteiger partial charge in [0, 0.05) is 0 Å². The molecule has 0 unspecified atom stereocenters. The van der Waals surface area contributed by atoms with E-state index >= 15 is 0 Å². The number of rotatable bonds is 1. The summed E-state index contributed by atoms with van der Waals surface area (Å²) in [6, 6.07) is 4.01. The number of hydrogen-bond donors (Lipinski definition) is 1. The van der Waals surface area contributed by atoms with E-state index in [1.807, 2.05) is 0 Å². The summed E-state index contributed by atoms with van der Waals surface area (Å²) in [4.78, 5) is -0.245. The third-order valence-electron chi connectivity index (χ3n) is 1.30. The molecule has 0 N–H and O–H groups in total. The van der Waals surface area contributed by atoms with Gasteiger partial charge >= 0.3 is 0 Å². The summed E-state index contributed by atoms with van der Waals surface area (Å²) in [5.41, 5.74) is 0.711. The lowest BCUT2D eigenvalue weighted by atomic mass is 10.2. The molecule has 0 saturated heterocycles. The first-order chi connectivity index (χ1) is 5.11. The summed E-state index contributed by atoms with van der Waals surface area (Å²) >= 11 is 0. The molecule has 0 saturated carbocycles. The van der Waals surface area contributed by atoms with Crippen molar-refractivity contribution in [2.24, 2.45) is 0 Å². The van der Waals surface area contributed by atoms with Gasteiger partial charge < -0.3 is 0 Å². The number of thiol groups is 1. The zero-order valence-corrected chi connectivity index (χ0v) is 6.77. The van der Waals surface area contributed by atoms with Crippen molar-refractivity contribution in [2.45, 2.75) is 11.8 Å². The van der Waals surface area contributed by atoms with E-state index in [9.17, 15) is 12.8 Å². The van der Waals surface area contributed by atoms with Crippen molar-refractivity contribution in [3.05, 3.63) is 29.6 Å². The van der Waals surface area contributed by atoms with E-state index < -0.39 is 16.5 Å². The second kappa shape index (κ2) is 3.00. The minimum atomic E-state index is -2.80. The Morgan fingerprint density at radius 3 is 2.45 bits per heavy atom. The van der Waals surface area contributed by atoms with Gasteiger partial charge in [-0.3, -0.25) is 0 Å². The fourth-order valence-corrected chi connectivity index (χ4v) is 1.20. The highest BCUT2D eigenvalue weighted by Crippen LogP contribution is 2.10. The molecule has 0 aromatic heterocycles. The van der Waals surface area contributed by atoms with E-state index in [0.717, 1.165) is 0 Å². The van der Waals surface area contributed by atoms with Crippen LogP contribution in [0.3, 0.4) is 0 Å². The normalized spacial score (nSPS) is 10.5. The van der Waals surface area contributed by atoms with Crippen molar-refractivity contribution in [3.63, 3.8) is 0 Å². The maximum Gasteiger partial charge on any atom is 0.171 e. The SMILES string of the molecule is Cc1ccc([SH](=O)=O)c(F)c1. The molecular weight excluding hydrogens is 167 g/mol. The van der Waals surface area contributed by atoms with Gasteiger partial charge in [-0.05, 0) is 24.6 Å². The van der Waals surface area contributed by atoms with Crippen molar-refractivity contribution in [1.29, 1.82) is 0 Å². The third kappa shape index (κ3) is 1.77. The van der Waals surface area contributed by atoms with Gasteiger partial charge in [-0.25, -0.2) is 12.8 Å². The topological polar surface area (TPSA) is 34.1 Å². The van der Waals surface area contributed by atoms with E-state index in [1.54, 1.807) is 13.0 Å². The number of hydrogen-bond acceptors (Lipinski definition) is 2. The summed E-state index contributed by atoms with van der Waals surface area (Å²) in [7, 11) is -2.80. The van der Waals surface area contributed by atoms with Gasteiger partial charge in [0.25, 0.3) is 0 Å². The fraction of sp³-hybridized carbons (Fsp3) is 0.143. The molecule has 11 heavy (non-hydrogen) atoms. The minimum Gasteiger partial charge on any atom is -0.227 e. The number of benzene rings is 1. The van der Waals surface area contributed by atoms with Crippen molar-refractivity contribution < 1.29 is 12.8 Å². The highest BCUT2D eigenvalue weighted by atomic mass is 32.2. The van der Waals surface area contributed by atoms with Crippen molar-refractivity contribution in [2.75, 3.05) is 0 Å². The van der Waals surface area contributed by atoms with Crippen LogP contribution in [0.25, 0.3) is 0 Å². The Balaban J connectivity index is 3.31. The molecule has 0 heterocycles. The summed E-state index contributed by atoms with van der Waals surface area (Å²) in [5, 5.41) is 0. The Labute approximate surface area is 65.6 Å². The van der Waals surface area contributed by atoms with Crippen LogP contribution < -0.4 is 0 Å². The first kappa shape index (κ1) is 8.20. The average molecular weight is 174 g/mol. The molecule has 0 radical (unpaired) electrons. The van der Waals surface area contributed by atoms with Gasteiger partial charge in [-0.1, -0.05) is 6.07 Å². The van der Waals surface area contributed by atoms with Crippen LogP contribution in [0.1, 0.15) is 5.56 Å². The smallest absolute Gasteiger partial charge is 0.171 e. The van der Waals surface area contributed by atoms with Crippen molar-refractivity contribution in [3.8, 4) is 0 Å². The molecule has 1 rings (SSSR count). The zero-order valence-electron chi connectivity index (χ0n) is 5.87. The van der Waals surface area contributed by atoms with Gasteiger partial charge in [0.2, 0.25) is 0 Å². The van der Waals surface area contributed by atoms with Gasteiger partial charge in [0.15, 0.2) is 10.7 Å². The quantitative estimate of drug-likeness (QED) is 0.647. The van der Waals surface area contributed by atoms with E-state index in [0.29, 0.717) is 5.56 Å². The van der Waals surface area contributed by atoms with Gasteiger partial charge in [0.1, 0.15) is 5.82 Å². The largest absolute Gasteiger partial charge is 0.227 e. The van der Waals surface area contributed by atoms with Crippen LogP contribution in [0.2, 0.25) is 0 Å². The molecule has 0 aliphatic heterocycles. The first-order valence-corrected chi connectivity index (χ1v) is 4.19. The van der Waals surface area contributed by atoms with E-state index in [-0.39, 0.29) is 4.90 Å². The van der Waals surface area contributed by atoms with Crippen LogP contribution in [0.4, 0.5) is 4.39 Å². The Hall–Kier alpha value is -0.900. The summed E-state index contributed by atoms with van der Waals surface area (Å²) in [6.07, 6.45) is 0. The summed E-state index contributed by atoms with van der Waals surface area (Å²) in [5.74, 6) is -0.680. The molecule has 0 aliphatic rings. The highest BCUT2D eigenvalue weighted by molar-refractivity contribution is 7.72. The second-order valence-electron chi connectivity index (χ2n) is 2.21. The predicted molar refractivity (Wildman–Crippen MR) is 39.7 cm³/mol. The van der Waals surface area contributed by atoms with E-state index in [2.05, 4.69) is 0 Å². The van der Waals surface area contributed by atoms with Crippen LogP contribution in [0, 0.1) is 12.7 Å². The Morgan fingerprint density at radius 1 is 1.36 bits per heavy atom. The molecule has 1 aromatic carbocycles. The van der Waals surface area contributed by atoms with Crippen LogP contribution in [0.15, 0.2) is 23.1 Å². The third-order valence-corrected chi connectivity index (χ3v) is 2.06. The lowest BCUT2D eigenvalue weighted by molar-refractivity contribution is 0.578. The number of aryl methyl sites for hydroxylation is 1. The molecule has 1 aromatic rings. The van der Waals surface area contributed by atoms with Crippen LogP contribution in [0.5, 0.6) is 0 Å². The lowest BCUT2D eigenvalue weighted by Gasteiger charge is -1.94. The van der Waals surface area contributed by atoms with Crippen molar-refractivity contribution >= 4 is 10.7 Å². The maximum absolute atomic E-state index is 12.7. The van der Waals surface area contributed by atoms with Crippen LogP contribution in [-0.2, 0) is 10.7 Å². The summed E-state index contributed by atoms with van der Waals surface area (Å²) in [6.45, 7) is 1.70. The van der Waals surface area contributed by atoms with Crippen molar-refractivity contribution in [1.82, 2.24) is 0 Å². The molecule has 0 bridgehead atoms. The molecular formula is C7H7FO2S. The predicted octanol–water partition coefficient (Wildman–Crippen LogP) is 1.10. The lowest BCUT2D eigenvalue weighted by Crippen LogP contribution is -1.87. The Bertz CT molecular complexity index is 336. The molecule has 4 heteroatoms. The maximum atomic E-state index is 12.7. The van der Waals surface area contributed by atoms with Gasteiger partial charge in [-0.2, -0.15) is 0 Å². The molecule has 0 amide bonds. The minimum absolute atomic E-state index is 0.245. The molecule has 0 fully saturated rings. The van der Waals surface area contributed by atoms with Gasteiger partial charge in [-0.15, -0.1) is 0 Å². The molecule has 0 aliphatic carbocycles. The second-order valence-corrected chi connectivity index (χ2v) is 3.21. The van der Waals surface area contributed by atoms with Crippen LogP contribution >= 0.6 is 0 Å². The Morgan fingerprint density at radius 2 is 2.00 bits per heavy atom. The van der Waals surface area contributed by atoms with Gasteiger partial charge in [0.05, 0.1) is 4.90 Å². The first-order valence-electron chi connectivity index (χ1n) is 3.02. The fourth-order valence-electron chi connectivity index (χ4n) is 0.760. The monoisotopic (exact) mass is 174 g/mol.